The zero-order chi connectivity index (χ0) is 18.3. The SMILES string of the molecule is Cc1cc(C)[n+](C)c(CSC2=C(C(=O)[O-])N3C(=O)[C@@H](CCO)[C@H]3C2)c1. The van der Waals surface area contributed by atoms with Gasteiger partial charge in [0.25, 0.3) is 0 Å². The van der Waals surface area contributed by atoms with Crippen LogP contribution in [0.1, 0.15) is 29.8 Å². The lowest BCUT2D eigenvalue weighted by atomic mass is 9.85. The minimum atomic E-state index is -1.30. The van der Waals surface area contributed by atoms with Crippen LogP contribution in [-0.2, 0) is 22.4 Å². The molecule has 25 heavy (non-hydrogen) atoms. The van der Waals surface area contributed by atoms with Crippen molar-refractivity contribution >= 4 is 23.6 Å². The molecule has 1 saturated heterocycles. The van der Waals surface area contributed by atoms with Crippen LogP contribution < -0.4 is 9.67 Å². The standard InChI is InChI=1S/C18H22N2O4S/c1-10-6-11(2)19(3)12(7-10)9-25-15-8-14-13(4-5-21)17(22)20(14)16(15)18(23)24/h6-7,13-14,21H,4-5,8-9H2,1-3H3/t13-,14+/m0/s1. The van der Waals surface area contributed by atoms with Crippen molar-refractivity contribution in [3.05, 3.63) is 39.7 Å². The number of fused-ring (bicyclic) bond motifs is 1. The van der Waals surface area contributed by atoms with E-state index in [-0.39, 0.29) is 30.2 Å². The Morgan fingerprint density at radius 2 is 2.16 bits per heavy atom. The van der Waals surface area contributed by atoms with Gasteiger partial charge in [0.15, 0.2) is 11.4 Å². The Hall–Kier alpha value is -1.86. The number of carbonyl (C=O) groups is 2. The molecule has 2 aliphatic heterocycles. The Kier molecular flexibility index (Phi) is 4.88. The lowest BCUT2D eigenvalue weighted by Crippen LogP contribution is -2.59. The van der Waals surface area contributed by atoms with Gasteiger partial charge in [-0.05, 0) is 18.9 Å². The molecule has 134 valence electrons. The highest BCUT2D eigenvalue weighted by molar-refractivity contribution is 8.02. The molecule has 3 rings (SSSR count). The van der Waals surface area contributed by atoms with Crippen LogP contribution in [0.5, 0.6) is 0 Å². The summed E-state index contributed by atoms with van der Waals surface area (Å²) in [6, 6.07) is 4.03. The predicted octanol–water partition coefficient (Wildman–Crippen LogP) is -0.0643. The summed E-state index contributed by atoms with van der Waals surface area (Å²) in [4.78, 5) is 25.8. The van der Waals surface area contributed by atoms with Gasteiger partial charge in [0.1, 0.15) is 7.05 Å². The fraction of sp³-hybridized carbons (Fsp3) is 0.500. The summed E-state index contributed by atoms with van der Waals surface area (Å²) in [5.74, 6) is -1.17. The van der Waals surface area contributed by atoms with E-state index in [0.717, 1.165) is 17.0 Å². The monoisotopic (exact) mass is 362 g/mol. The van der Waals surface area contributed by atoms with E-state index in [1.807, 2.05) is 20.9 Å². The van der Waals surface area contributed by atoms with Gasteiger partial charge in [0, 0.05) is 37.0 Å². The number of amides is 1. The molecular weight excluding hydrogens is 340 g/mol. The van der Waals surface area contributed by atoms with E-state index in [4.69, 9.17) is 5.11 Å². The molecule has 6 nitrogen and oxygen atoms in total. The maximum absolute atomic E-state index is 12.2. The summed E-state index contributed by atoms with van der Waals surface area (Å²) >= 11 is 1.46. The van der Waals surface area contributed by atoms with Gasteiger partial charge in [0.2, 0.25) is 5.91 Å². The smallest absolute Gasteiger partial charge is 0.232 e. The third kappa shape index (κ3) is 3.06. The van der Waals surface area contributed by atoms with Gasteiger partial charge in [-0.25, -0.2) is 4.57 Å². The van der Waals surface area contributed by atoms with Gasteiger partial charge in [-0.3, -0.25) is 4.79 Å². The topological polar surface area (TPSA) is 84.5 Å². The molecule has 1 aromatic heterocycles. The third-order valence-corrected chi connectivity index (χ3v) is 6.22. The number of aliphatic hydroxyl groups excluding tert-OH is 1. The van der Waals surface area contributed by atoms with E-state index < -0.39 is 5.97 Å². The van der Waals surface area contributed by atoms with Crippen LogP contribution in [0.15, 0.2) is 22.7 Å². The first-order valence-corrected chi connectivity index (χ1v) is 9.31. The second kappa shape index (κ2) is 6.80. The molecule has 2 atom stereocenters. The highest BCUT2D eigenvalue weighted by atomic mass is 32.2. The molecule has 1 aromatic rings. The van der Waals surface area contributed by atoms with Crippen LogP contribution in [-0.4, -0.2) is 34.5 Å². The van der Waals surface area contributed by atoms with Gasteiger partial charge in [-0.15, -0.1) is 11.8 Å². The number of β-lactam (4-membered cyclic amide) rings is 1. The number of aliphatic hydroxyl groups is 1. The number of pyridine rings is 1. The van der Waals surface area contributed by atoms with Crippen molar-refractivity contribution in [2.24, 2.45) is 13.0 Å². The van der Waals surface area contributed by atoms with Crippen LogP contribution >= 0.6 is 11.8 Å². The number of carboxylic acid groups (broad SMARTS) is 1. The largest absolute Gasteiger partial charge is 0.543 e. The first-order valence-electron chi connectivity index (χ1n) is 8.32. The van der Waals surface area contributed by atoms with Crippen molar-refractivity contribution in [3.63, 3.8) is 0 Å². The van der Waals surface area contributed by atoms with Gasteiger partial charge in [-0.2, -0.15) is 0 Å². The van der Waals surface area contributed by atoms with E-state index in [2.05, 4.69) is 16.7 Å². The molecule has 7 heteroatoms. The van der Waals surface area contributed by atoms with Gasteiger partial charge in [-0.1, -0.05) is 0 Å². The minimum Gasteiger partial charge on any atom is -0.543 e. The molecule has 0 aromatic carbocycles. The van der Waals surface area contributed by atoms with Crippen LogP contribution in [0.25, 0.3) is 0 Å². The summed E-state index contributed by atoms with van der Waals surface area (Å²) in [5.41, 5.74) is 3.41. The number of aliphatic carboxylic acids is 1. The molecule has 0 aliphatic carbocycles. The molecular formula is C18H22N2O4S. The summed E-state index contributed by atoms with van der Waals surface area (Å²) in [5, 5.41) is 20.7. The highest BCUT2D eigenvalue weighted by Crippen LogP contribution is 2.47. The van der Waals surface area contributed by atoms with Gasteiger partial charge >= 0.3 is 0 Å². The molecule has 0 spiro atoms. The second-order valence-electron chi connectivity index (χ2n) is 6.67. The zero-order valence-corrected chi connectivity index (χ0v) is 15.4. The molecule has 0 unspecified atom stereocenters. The normalized spacial score (nSPS) is 22.2. The molecule has 2 aliphatic rings. The molecule has 0 bridgehead atoms. The first kappa shape index (κ1) is 17.9. The number of rotatable bonds is 6. The van der Waals surface area contributed by atoms with Crippen molar-refractivity contribution in [3.8, 4) is 0 Å². The van der Waals surface area contributed by atoms with E-state index >= 15 is 0 Å². The molecule has 1 amide bonds. The van der Waals surface area contributed by atoms with Crippen molar-refractivity contribution in [1.82, 2.24) is 4.90 Å². The predicted molar refractivity (Wildman–Crippen MR) is 90.9 cm³/mol. The number of aryl methyl sites for hydroxylation is 2. The second-order valence-corrected chi connectivity index (χ2v) is 7.74. The molecule has 1 fully saturated rings. The van der Waals surface area contributed by atoms with Crippen molar-refractivity contribution in [2.45, 2.75) is 38.5 Å². The molecule has 3 heterocycles. The number of hydrogen-bond donors (Lipinski definition) is 1. The molecule has 1 N–H and O–H groups in total. The first-order chi connectivity index (χ1) is 11.8. The molecule has 0 radical (unpaired) electrons. The lowest BCUT2D eigenvalue weighted by Gasteiger charge is -2.44. The third-order valence-electron chi connectivity index (χ3n) is 5.07. The summed E-state index contributed by atoms with van der Waals surface area (Å²) in [6.45, 7) is 4.00. The maximum Gasteiger partial charge on any atom is 0.232 e. The number of thioether (sulfide) groups is 1. The number of nitrogens with zero attached hydrogens (tertiary/aromatic N) is 2. The van der Waals surface area contributed by atoms with Crippen LogP contribution in [0.4, 0.5) is 0 Å². The average Bonchev–Trinajstić information content (AvgIpc) is 2.90. The van der Waals surface area contributed by atoms with Gasteiger partial charge in [0.05, 0.1) is 29.4 Å². The Morgan fingerprint density at radius 1 is 1.44 bits per heavy atom. The average molecular weight is 362 g/mol. The van der Waals surface area contributed by atoms with Crippen LogP contribution in [0.3, 0.4) is 0 Å². The zero-order valence-electron chi connectivity index (χ0n) is 14.6. The highest BCUT2D eigenvalue weighted by Gasteiger charge is 2.53. The minimum absolute atomic E-state index is 0.0150. The Bertz CT molecular complexity index is 775. The van der Waals surface area contributed by atoms with E-state index in [1.54, 1.807) is 0 Å². The number of carbonyl (C=O) groups excluding carboxylic acids is 2. The Balaban J connectivity index is 1.81. The van der Waals surface area contributed by atoms with Crippen LogP contribution in [0, 0.1) is 19.8 Å². The number of carboxylic acids is 1. The summed E-state index contributed by atoms with van der Waals surface area (Å²) < 4.78 is 2.09. The van der Waals surface area contributed by atoms with E-state index in [9.17, 15) is 14.7 Å². The summed E-state index contributed by atoms with van der Waals surface area (Å²) in [7, 11) is 1.99. The van der Waals surface area contributed by atoms with Gasteiger partial charge < -0.3 is 19.9 Å². The Morgan fingerprint density at radius 3 is 2.80 bits per heavy atom. The molecule has 0 saturated carbocycles. The number of hydrogen-bond acceptors (Lipinski definition) is 5. The van der Waals surface area contributed by atoms with Crippen molar-refractivity contribution < 1.29 is 24.4 Å². The van der Waals surface area contributed by atoms with Crippen LogP contribution in [0.2, 0.25) is 0 Å². The fourth-order valence-electron chi connectivity index (χ4n) is 3.68. The lowest BCUT2D eigenvalue weighted by molar-refractivity contribution is -0.684. The fourth-order valence-corrected chi connectivity index (χ4v) is 4.89. The number of aromatic nitrogens is 1. The summed E-state index contributed by atoms with van der Waals surface area (Å²) in [6.07, 6.45) is 0.906. The van der Waals surface area contributed by atoms with E-state index in [1.165, 1.54) is 16.7 Å². The van der Waals surface area contributed by atoms with Crippen molar-refractivity contribution in [2.75, 3.05) is 6.61 Å². The van der Waals surface area contributed by atoms with Crippen molar-refractivity contribution in [1.29, 1.82) is 0 Å². The maximum atomic E-state index is 12.2. The van der Waals surface area contributed by atoms with E-state index in [0.29, 0.717) is 23.5 Å². The Labute approximate surface area is 151 Å². The quantitative estimate of drug-likeness (QED) is 0.566.